The van der Waals surface area contributed by atoms with Gasteiger partial charge in [0.05, 0.1) is 13.2 Å². The van der Waals surface area contributed by atoms with E-state index in [1.807, 2.05) is 30.3 Å². The monoisotopic (exact) mass is 454 g/mol. The molecule has 0 spiro atoms. The van der Waals surface area contributed by atoms with Crippen LogP contribution in [0.1, 0.15) is 30.0 Å². The van der Waals surface area contributed by atoms with Crippen molar-refractivity contribution >= 4 is 11.8 Å². The quantitative estimate of drug-likeness (QED) is 0.615. The Labute approximate surface area is 195 Å². The molecule has 1 aromatic carbocycles. The molecule has 0 saturated carbocycles. The molecule has 2 aromatic rings. The van der Waals surface area contributed by atoms with Gasteiger partial charge in [-0.25, -0.2) is 0 Å². The summed E-state index contributed by atoms with van der Waals surface area (Å²) in [6.07, 6.45) is 4.74. The third kappa shape index (κ3) is 8.24. The van der Waals surface area contributed by atoms with Crippen LogP contribution in [0.25, 0.3) is 0 Å². The van der Waals surface area contributed by atoms with E-state index in [9.17, 15) is 9.59 Å². The van der Waals surface area contributed by atoms with Crippen LogP contribution in [0.5, 0.6) is 0 Å². The molecule has 2 heterocycles. The molecular formula is C25H34N4O4. The maximum absolute atomic E-state index is 12.8. The number of nitrogens with one attached hydrogen (secondary N) is 1. The number of ether oxygens (including phenoxy) is 2. The molecule has 1 aliphatic heterocycles. The molecule has 0 aliphatic carbocycles. The van der Waals surface area contributed by atoms with Crippen LogP contribution in [0.2, 0.25) is 0 Å². The number of methoxy groups -OCH3 is 1. The molecule has 3 rings (SSSR count). The third-order valence-corrected chi connectivity index (χ3v) is 5.73. The van der Waals surface area contributed by atoms with Gasteiger partial charge in [-0.05, 0) is 29.7 Å². The van der Waals surface area contributed by atoms with Gasteiger partial charge < -0.3 is 19.7 Å². The summed E-state index contributed by atoms with van der Waals surface area (Å²) in [7, 11) is 1.60. The fourth-order valence-corrected chi connectivity index (χ4v) is 4.00. The summed E-state index contributed by atoms with van der Waals surface area (Å²) < 4.78 is 10.4. The minimum Gasteiger partial charge on any atom is -0.382 e. The van der Waals surface area contributed by atoms with E-state index in [-0.39, 0.29) is 24.5 Å². The number of rotatable bonds is 8. The highest BCUT2D eigenvalue weighted by atomic mass is 16.5. The molecule has 1 saturated heterocycles. The smallest absolute Gasteiger partial charge is 0.248 e. The number of nitrogens with zero attached hydrogens (tertiary/aromatic N) is 3. The van der Waals surface area contributed by atoms with E-state index >= 15 is 0 Å². The highest BCUT2D eigenvalue weighted by Gasteiger charge is 2.25. The molecule has 8 nitrogen and oxygen atoms in total. The van der Waals surface area contributed by atoms with Crippen LogP contribution in [0.4, 0.5) is 0 Å². The van der Waals surface area contributed by atoms with E-state index in [4.69, 9.17) is 9.47 Å². The van der Waals surface area contributed by atoms with Gasteiger partial charge in [-0.15, -0.1) is 0 Å². The molecule has 0 radical (unpaired) electrons. The van der Waals surface area contributed by atoms with Crippen molar-refractivity contribution < 1.29 is 19.1 Å². The molecule has 178 valence electrons. The Morgan fingerprint density at radius 1 is 1.09 bits per heavy atom. The van der Waals surface area contributed by atoms with Crippen LogP contribution >= 0.6 is 0 Å². The third-order valence-electron chi connectivity index (χ3n) is 5.73. The molecular weight excluding hydrogens is 420 g/mol. The lowest BCUT2D eigenvalue weighted by Gasteiger charge is -2.32. The number of hydrogen-bond donors (Lipinski definition) is 1. The van der Waals surface area contributed by atoms with Crippen molar-refractivity contribution in [3.8, 4) is 0 Å². The number of amides is 2. The lowest BCUT2D eigenvalue weighted by Crippen LogP contribution is -2.41. The molecule has 2 amide bonds. The Bertz CT molecular complexity index is 850. The Kier molecular flexibility index (Phi) is 10.3. The summed E-state index contributed by atoms with van der Waals surface area (Å²) in [5, 5.41) is 3.00. The fraction of sp³-hybridized carbons (Fsp3) is 0.480. The minimum absolute atomic E-state index is 0.0185. The van der Waals surface area contributed by atoms with Crippen molar-refractivity contribution in [1.82, 2.24) is 20.1 Å². The van der Waals surface area contributed by atoms with Gasteiger partial charge in [0.1, 0.15) is 6.61 Å². The summed E-state index contributed by atoms with van der Waals surface area (Å²) in [6.45, 7) is 3.81. The molecule has 1 aromatic heterocycles. The molecule has 1 atom stereocenters. The van der Waals surface area contributed by atoms with Gasteiger partial charge >= 0.3 is 0 Å². The number of aromatic nitrogens is 1. The van der Waals surface area contributed by atoms with Crippen molar-refractivity contribution in [2.75, 3.05) is 53.1 Å². The van der Waals surface area contributed by atoms with Crippen LogP contribution < -0.4 is 5.32 Å². The summed E-state index contributed by atoms with van der Waals surface area (Å²) in [5.74, 6) is -0.0888. The van der Waals surface area contributed by atoms with Gasteiger partial charge in [0.25, 0.3) is 0 Å². The van der Waals surface area contributed by atoms with E-state index in [1.165, 1.54) is 0 Å². The van der Waals surface area contributed by atoms with Crippen molar-refractivity contribution in [3.05, 3.63) is 66.0 Å². The second-order valence-corrected chi connectivity index (χ2v) is 8.09. The summed E-state index contributed by atoms with van der Waals surface area (Å²) in [4.78, 5) is 33.7. The minimum atomic E-state index is -0.0695. The van der Waals surface area contributed by atoms with Gasteiger partial charge in [0.2, 0.25) is 11.8 Å². The SMILES string of the molecule is COCCOCC(=O)N1CCCN(Cc2ccncc2)C(c2ccccc2)CC(=O)NCC1. The number of hydrogen-bond acceptors (Lipinski definition) is 6. The highest BCUT2D eigenvalue weighted by Crippen LogP contribution is 2.27. The number of pyridine rings is 1. The molecule has 1 N–H and O–H groups in total. The van der Waals surface area contributed by atoms with Crippen molar-refractivity contribution in [2.24, 2.45) is 0 Å². The van der Waals surface area contributed by atoms with E-state index < -0.39 is 0 Å². The number of carbonyl (C=O) groups is 2. The Balaban J connectivity index is 1.74. The Morgan fingerprint density at radius 3 is 2.64 bits per heavy atom. The normalized spacial score (nSPS) is 18.4. The van der Waals surface area contributed by atoms with Crippen LogP contribution in [0, 0.1) is 0 Å². The second kappa shape index (κ2) is 13.7. The van der Waals surface area contributed by atoms with Crippen LogP contribution in [0.15, 0.2) is 54.9 Å². The van der Waals surface area contributed by atoms with Crippen LogP contribution in [-0.4, -0.2) is 79.7 Å². The lowest BCUT2D eigenvalue weighted by molar-refractivity contribution is -0.137. The van der Waals surface area contributed by atoms with E-state index in [1.54, 1.807) is 24.4 Å². The first kappa shape index (κ1) is 24.8. The van der Waals surface area contributed by atoms with Gasteiger partial charge in [0, 0.05) is 64.7 Å². The molecule has 1 unspecified atom stereocenters. The molecule has 33 heavy (non-hydrogen) atoms. The van der Waals surface area contributed by atoms with Crippen LogP contribution in [-0.2, 0) is 25.6 Å². The second-order valence-electron chi connectivity index (χ2n) is 8.09. The average molecular weight is 455 g/mol. The topological polar surface area (TPSA) is 84.0 Å². The van der Waals surface area contributed by atoms with Gasteiger partial charge in [0.15, 0.2) is 0 Å². The van der Waals surface area contributed by atoms with Crippen molar-refractivity contribution in [3.63, 3.8) is 0 Å². The maximum atomic E-state index is 12.8. The number of benzene rings is 1. The fourth-order valence-electron chi connectivity index (χ4n) is 4.00. The van der Waals surface area contributed by atoms with E-state index in [0.29, 0.717) is 45.8 Å². The Hall–Kier alpha value is -2.81. The zero-order valence-corrected chi connectivity index (χ0v) is 19.3. The highest BCUT2D eigenvalue weighted by molar-refractivity contribution is 5.78. The lowest BCUT2D eigenvalue weighted by atomic mass is 10.00. The van der Waals surface area contributed by atoms with Gasteiger partial charge in [-0.3, -0.25) is 19.5 Å². The Morgan fingerprint density at radius 2 is 1.88 bits per heavy atom. The standard InChI is InChI=1S/C25H34N4O4/c1-32-16-17-33-20-25(31)28-13-5-14-29(19-21-8-10-26-11-9-21)23(18-24(30)27-12-15-28)22-6-3-2-4-7-22/h2-4,6-11,23H,5,12-20H2,1H3,(H,27,30). The average Bonchev–Trinajstić information content (AvgIpc) is 2.87. The molecule has 1 fully saturated rings. The molecule has 0 bridgehead atoms. The first-order chi connectivity index (χ1) is 16.2. The zero-order valence-electron chi connectivity index (χ0n) is 19.3. The largest absolute Gasteiger partial charge is 0.382 e. The van der Waals surface area contributed by atoms with Crippen molar-refractivity contribution in [2.45, 2.75) is 25.4 Å². The van der Waals surface area contributed by atoms with E-state index in [0.717, 1.165) is 24.1 Å². The first-order valence-electron chi connectivity index (χ1n) is 11.5. The number of carbonyl (C=O) groups excluding carboxylic acids is 2. The summed E-state index contributed by atoms with van der Waals surface area (Å²) >= 11 is 0. The maximum Gasteiger partial charge on any atom is 0.248 e. The summed E-state index contributed by atoms with van der Waals surface area (Å²) in [5.41, 5.74) is 2.25. The predicted molar refractivity (Wildman–Crippen MR) is 125 cm³/mol. The van der Waals surface area contributed by atoms with Crippen molar-refractivity contribution in [1.29, 1.82) is 0 Å². The van der Waals surface area contributed by atoms with E-state index in [2.05, 4.69) is 27.3 Å². The zero-order chi connectivity index (χ0) is 23.3. The van der Waals surface area contributed by atoms with Gasteiger partial charge in [-0.1, -0.05) is 30.3 Å². The first-order valence-corrected chi connectivity index (χ1v) is 11.5. The molecule has 1 aliphatic rings. The predicted octanol–water partition coefficient (Wildman–Crippen LogP) is 2.03. The van der Waals surface area contributed by atoms with Crippen LogP contribution in [0.3, 0.4) is 0 Å². The summed E-state index contributed by atoms with van der Waals surface area (Å²) in [6, 6.07) is 14.1. The van der Waals surface area contributed by atoms with Gasteiger partial charge in [-0.2, -0.15) is 0 Å². The molecule has 8 heteroatoms.